The third-order valence-electron chi connectivity index (χ3n) is 6.88. The predicted molar refractivity (Wildman–Crippen MR) is 133 cm³/mol. The molecule has 1 amide bonds. The van der Waals surface area contributed by atoms with E-state index in [0.29, 0.717) is 5.91 Å². The highest BCUT2D eigenvalue weighted by molar-refractivity contribution is 5.76. The summed E-state index contributed by atoms with van der Waals surface area (Å²) < 4.78 is 0. The lowest BCUT2D eigenvalue weighted by molar-refractivity contribution is -0.130. The van der Waals surface area contributed by atoms with Crippen molar-refractivity contribution >= 4 is 5.91 Å². The molecule has 1 aliphatic heterocycles. The summed E-state index contributed by atoms with van der Waals surface area (Å²) in [5, 5.41) is 0. The van der Waals surface area contributed by atoms with Gasteiger partial charge in [0.15, 0.2) is 0 Å². The van der Waals surface area contributed by atoms with Gasteiger partial charge in [-0.05, 0) is 25.2 Å². The minimum absolute atomic E-state index is 0.407. The number of likely N-dealkylation sites (tertiary alicyclic amines) is 1. The second-order valence-electron chi connectivity index (χ2n) is 10.4. The smallest absolute Gasteiger partial charge is 0.222 e. The molecule has 0 aromatic carbocycles. The summed E-state index contributed by atoms with van der Waals surface area (Å²) in [4.78, 5) is 14.0. The number of nitrogens with zero attached hydrogens (tertiary/aromatic N) is 1. The first-order valence-electron chi connectivity index (χ1n) is 14.0. The maximum atomic E-state index is 12.0. The van der Waals surface area contributed by atoms with Crippen LogP contribution in [0.3, 0.4) is 0 Å². The minimum atomic E-state index is 0.407. The number of unbranched alkanes of at least 4 members (excludes halogenated alkanes) is 17. The molecule has 0 aromatic rings. The highest BCUT2D eigenvalue weighted by Gasteiger charge is 2.16. The molecule has 2 heteroatoms. The van der Waals surface area contributed by atoms with Gasteiger partial charge < -0.3 is 4.90 Å². The zero-order valence-corrected chi connectivity index (χ0v) is 20.9. The van der Waals surface area contributed by atoms with E-state index < -0.39 is 0 Å². The summed E-state index contributed by atoms with van der Waals surface area (Å²) in [6, 6.07) is 0. The summed E-state index contributed by atoms with van der Waals surface area (Å²) in [6.45, 7) is 6.70. The van der Waals surface area contributed by atoms with Gasteiger partial charge in [-0.25, -0.2) is 0 Å². The average Bonchev–Trinajstić information content (AvgIpc) is 3.27. The Labute approximate surface area is 190 Å². The van der Waals surface area contributed by atoms with Gasteiger partial charge in [-0.3, -0.25) is 4.79 Å². The van der Waals surface area contributed by atoms with Crippen LogP contribution < -0.4 is 0 Å². The molecule has 0 aliphatic carbocycles. The Balaban J connectivity index is 1.67. The molecule has 1 heterocycles. The topological polar surface area (TPSA) is 20.3 Å². The Morgan fingerprint density at radius 1 is 0.567 bits per heavy atom. The van der Waals surface area contributed by atoms with E-state index in [0.717, 1.165) is 31.8 Å². The molecule has 0 bridgehead atoms. The van der Waals surface area contributed by atoms with Crippen molar-refractivity contribution in [2.75, 3.05) is 13.1 Å². The van der Waals surface area contributed by atoms with Crippen molar-refractivity contribution in [3.05, 3.63) is 0 Å². The monoisotopic (exact) mass is 421 g/mol. The highest BCUT2D eigenvalue weighted by atomic mass is 16.2. The van der Waals surface area contributed by atoms with Gasteiger partial charge in [0.05, 0.1) is 0 Å². The van der Waals surface area contributed by atoms with Crippen LogP contribution in [-0.4, -0.2) is 23.9 Å². The molecule has 2 nitrogen and oxygen atoms in total. The second kappa shape index (κ2) is 20.4. The number of hydrogen-bond donors (Lipinski definition) is 0. The standard InChI is InChI=1S/C28H55NO/c1-27(2)23-19-17-15-13-11-9-7-5-3-4-6-8-10-12-14-16-18-20-24-28(30)29-25-21-22-26-29/h27H,3-26H2,1-2H3. The first-order chi connectivity index (χ1) is 14.7. The van der Waals surface area contributed by atoms with Gasteiger partial charge in [0, 0.05) is 19.5 Å². The van der Waals surface area contributed by atoms with Crippen LogP contribution >= 0.6 is 0 Å². The van der Waals surface area contributed by atoms with Crippen LogP contribution in [0.4, 0.5) is 0 Å². The molecule has 0 aromatic heterocycles. The number of carbonyl (C=O) groups is 1. The Bertz CT molecular complexity index is 373. The van der Waals surface area contributed by atoms with Crippen LogP contribution in [0.25, 0.3) is 0 Å². The van der Waals surface area contributed by atoms with Gasteiger partial charge in [-0.15, -0.1) is 0 Å². The highest BCUT2D eigenvalue weighted by Crippen LogP contribution is 2.16. The number of carbonyl (C=O) groups excluding carboxylic acids is 1. The van der Waals surface area contributed by atoms with E-state index in [1.54, 1.807) is 0 Å². The molecule has 30 heavy (non-hydrogen) atoms. The van der Waals surface area contributed by atoms with E-state index in [9.17, 15) is 4.79 Å². The van der Waals surface area contributed by atoms with Crippen molar-refractivity contribution in [2.45, 2.75) is 155 Å². The van der Waals surface area contributed by atoms with E-state index in [1.807, 2.05) is 0 Å². The van der Waals surface area contributed by atoms with E-state index in [2.05, 4.69) is 18.7 Å². The normalized spacial score (nSPS) is 14.2. The summed E-state index contributed by atoms with van der Waals surface area (Å²) >= 11 is 0. The molecule has 1 fully saturated rings. The molecule has 1 saturated heterocycles. The lowest BCUT2D eigenvalue weighted by atomic mass is 10.0. The van der Waals surface area contributed by atoms with E-state index in [4.69, 9.17) is 0 Å². The van der Waals surface area contributed by atoms with Crippen molar-refractivity contribution < 1.29 is 4.79 Å². The van der Waals surface area contributed by atoms with Crippen molar-refractivity contribution in [1.29, 1.82) is 0 Å². The Hall–Kier alpha value is -0.530. The quantitative estimate of drug-likeness (QED) is 0.169. The minimum Gasteiger partial charge on any atom is -0.343 e. The fraction of sp³-hybridized carbons (Fsp3) is 0.964. The first-order valence-corrected chi connectivity index (χ1v) is 14.0. The van der Waals surface area contributed by atoms with Crippen LogP contribution in [0.5, 0.6) is 0 Å². The third-order valence-corrected chi connectivity index (χ3v) is 6.88. The predicted octanol–water partition coefficient (Wildman–Crippen LogP) is 9.07. The SMILES string of the molecule is CC(C)CCCCCCCCCCCCCCCCCCCCC(=O)N1CCCC1. The Kier molecular flexibility index (Phi) is 18.7. The summed E-state index contributed by atoms with van der Waals surface area (Å²) in [7, 11) is 0. The van der Waals surface area contributed by atoms with Crippen LogP contribution in [0, 0.1) is 5.92 Å². The van der Waals surface area contributed by atoms with Crippen LogP contribution in [0.2, 0.25) is 0 Å². The number of rotatable bonds is 21. The summed E-state index contributed by atoms with van der Waals surface area (Å²) in [5.74, 6) is 1.29. The van der Waals surface area contributed by atoms with Crippen LogP contribution in [0.1, 0.15) is 155 Å². The zero-order chi connectivity index (χ0) is 21.7. The van der Waals surface area contributed by atoms with Gasteiger partial charge in [-0.2, -0.15) is 0 Å². The van der Waals surface area contributed by atoms with Crippen molar-refractivity contribution in [1.82, 2.24) is 4.90 Å². The summed E-state index contributed by atoms with van der Waals surface area (Å²) in [5.41, 5.74) is 0. The molecule has 1 aliphatic rings. The first kappa shape index (κ1) is 27.5. The van der Waals surface area contributed by atoms with Crippen molar-refractivity contribution in [2.24, 2.45) is 5.92 Å². The van der Waals surface area contributed by atoms with E-state index in [-0.39, 0.29) is 0 Å². The lowest BCUT2D eigenvalue weighted by Gasteiger charge is -2.14. The van der Waals surface area contributed by atoms with Gasteiger partial charge in [0.2, 0.25) is 5.91 Å². The average molecular weight is 422 g/mol. The van der Waals surface area contributed by atoms with Crippen LogP contribution in [0.15, 0.2) is 0 Å². The van der Waals surface area contributed by atoms with Gasteiger partial charge in [-0.1, -0.05) is 129 Å². The molecule has 0 spiro atoms. The fourth-order valence-corrected chi connectivity index (χ4v) is 4.78. The summed E-state index contributed by atoms with van der Waals surface area (Å²) in [6.07, 6.45) is 30.0. The van der Waals surface area contributed by atoms with Gasteiger partial charge >= 0.3 is 0 Å². The van der Waals surface area contributed by atoms with Crippen LogP contribution in [-0.2, 0) is 4.79 Å². The van der Waals surface area contributed by atoms with Crippen molar-refractivity contribution in [3.8, 4) is 0 Å². The fourth-order valence-electron chi connectivity index (χ4n) is 4.78. The van der Waals surface area contributed by atoms with Gasteiger partial charge in [0.25, 0.3) is 0 Å². The number of amides is 1. The molecule has 0 N–H and O–H groups in total. The molecule has 0 radical (unpaired) electrons. The van der Waals surface area contributed by atoms with Gasteiger partial charge in [0.1, 0.15) is 0 Å². The molecule has 1 rings (SSSR count). The lowest BCUT2D eigenvalue weighted by Crippen LogP contribution is -2.27. The maximum Gasteiger partial charge on any atom is 0.222 e. The molecule has 178 valence electrons. The molecule has 0 atom stereocenters. The molecule has 0 unspecified atom stereocenters. The third kappa shape index (κ3) is 17.2. The molecular formula is C28H55NO. The molecular weight excluding hydrogens is 366 g/mol. The maximum absolute atomic E-state index is 12.0. The largest absolute Gasteiger partial charge is 0.343 e. The Morgan fingerprint density at radius 3 is 1.27 bits per heavy atom. The van der Waals surface area contributed by atoms with E-state index >= 15 is 0 Å². The number of hydrogen-bond acceptors (Lipinski definition) is 1. The van der Waals surface area contributed by atoms with Crippen molar-refractivity contribution in [3.63, 3.8) is 0 Å². The van der Waals surface area contributed by atoms with E-state index in [1.165, 1.54) is 128 Å². The molecule has 0 saturated carbocycles. The zero-order valence-electron chi connectivity index (χ0n) is 20.9. The Morgan fingerprint density at radius 2 is 0.900 bits per heavy atom. The second-order valence-corrected chi connectivity index (χ2v) is 10.4.